The lowest BCUT2D eigenvalue weighted by atomic mass is 9.90. The van der Waals surface area contributed by atoms with Crippen molar-refractivity contribution in [3.8, 4) is 23.0 Å². The molecule has 0 atom stereocenters. The van der Waals surface area contributed by atoms with Crippen LogP contribution in [0, 0.1) is 0 Å². The van der Waals surface area contributed by atoms with Crippen molar-refractivity contribution in [3.05, 3.63) is 93.0 Å². The molecule has 0 spiro atoms. The van der Waals surface area contributed by atoms with Crippen LogP contribution in [0.1, 0.15) is 95.9 Å². The van der Waals surface area contributed by atoms with Crippen molar-refractivity contribution in [2.24, 2.45) is 0 Å². The van der Waals surface area contributed by atoms with Crippen LogP contribution in [-0.2, 0) is 102 Å². The smallest absolute Gasteiger partial charge is 0.303 e. The summed E-state index contributed by atoms with van der Waals surface area (Å²) in [7, 11) is 0. The van der Waals surface area contributed by atoms with E-state index in [1.54, 1.807) is 48.5 Å². The predicted octanol–water partition coefficient (Wildman–Crippen LogP) is 5.25. The SMILES string of the molecule is O=C(O)CCC(=O)Nc1cc2c3c(c1)Cc1cc(NC(=O)CCC(=O)O)cc4c1OCCOCCOCCOCCOCCOc1c(cc(NC(=O)CCC(=O)O)cc1Cc1cc(NC(=O)CCC(=O)O)cc(c1OCCOCCOCCOCCOCCO3)C4)C2. The van der Waals surface area contributed by atoms with Crippen LogP contribution >= 0.6 is 0 Å². The minimum absolute atomic E-state index is 0.0509. The Morgan fingerprint density at radius 1 is 0.250 bits per heavy atom. The van der Waals surface area contributed by atoms with Crippen LogP contribution in [0.4, 0.5) is 22.7 Å². The zero-order chi connectivity index (χ0) is 65.5. The molecule has 28 heteroatoms. The van der Waals surface area contributed by atoms with Crippen LogP contribution in [0.25, 0.3) is 0 Å². The van der Waals surface area contributed by atoms with E-state index in [4.69, 9.17) is 56.8 Å². The number of aliphatic carboxylic acids is 4. The summed E-state index contributed by atoms with van der Waals surface area (Å²) in [5.74, 6) is -6.22. The molecule has 4 amide bonds. The number of anilines is 4. The van der Waals surface area contributed by atoms with Crippen molar-refractivity contribution < 1.29 is 116 Å². The lowest BCUT2D eigenvalue weighted by molar-refractivity contribution is -0.138. The van der Waals surface area contributed by atoms with E-state index < -0.39 is 98.9 Å². The van der Waals surface area contributed by atoms with Gasteiger partial charge in [0, 0.05) is 119 Å². The predicted molar refractivity (Wildman–Crippen MR) is 328 cm³/mol. The lowest BCUT2D eigenvalue weighted by Gasteiger charge is -2.25. The molecule has 12 bridgehead atoms. The quantitative estimate of drug-likeness (QED) is 0.0625. The first-order chi connectivity index (χ1) is 44.6. The highest BCUT2D eigenvalue weighted by atomic mass is 16.6. The molecule has 3 aliphatic rings. The highest BCUT2D eigenvalue weighted by Gasteiger charge is 2.27. The molecule has 0 unspecified atom stereocenters. The number of amides is 4. The van der Waals surface area contributed by atoms with Crippen LogP contribution < -0.4 is 40.2 Å². The Kier molecular flexibility index (Phi) is 29.6. The van der Waals surface area contributed by atoms with E-state index in [2.05, 4.69) is 21.3 Å². The molecule has 2 heterocycles. The maximum absolute atomic E-state index is 13.7. The first-order valence-corrected chi connectivity index (χ1v) is 30.4. The third kappa shape index (κ3) is 25.0. The van der Waals surface area contributed by atoms with Crippen LogP contribution in [0.15, 0.2) is 48.5 Å². The summed E-state index contributed by atoms with van der Waals surface area (Å²) < 4.78 is 74.2. The number of carboxylic acid groups (broad SMARTS) is 4. The molecule has 1 aliphatic carbocycles. The molecule has 0 radical (unpaired) electrons. The Labute approximate surface area is 530 Å². The second-order valence-electron chi connectivity index (χ2n) is 21.3. The van der Waals surface area contributed by atoms with Gasteiger partial charge < -0.3 is 98.5 Å². The van der Waals surface area contributed by atoms with Crippen LogP contribution in [0.5, 0.6) is 23.0 Å². The molecule has 7 rings (SSSR count). The molecule has 0 fully saturated rings. The number of benzene rings is 4. The zero-order valence-electron chi connectivity index (χ0n) is 51.2. The van der Waals surface area contributed by atoms with Gasteiger partial charge in [-0.1, -0.05) is 0 Å². The Morgan fingerprint density at radius 2 is 0.402 bits per heavy atom. The van der Waals surface area contributed by atoms with Gasteiger partial charge in [0.1, 0.15) is 49.4 Å². The Hall–Kier alpha value is -8.48. The van der Waals surface area contributed by atoms with Gasteiger partial charge in [0.15, 0.2) is 0 Å². The number of carbonyl (C=O) groups is 8. The minimum atomic E-state index is -1.20. The van der Waals surface area contributed by atoms with Gasteiger partial charge in [-0.2, -0.15) is 0 Å². The van der Waals surface area contributed by atoms with E-state index in [9.17, 15) is 58.8 Å². The van der Waals surface area contributed by atoms with Gasteiger partial charge in [-0.05, 0) is 48.5 Å². The highest BCUT2D eigenvalue weighted by molar-refractivity contribution is 5.95. The lowest BCUT2D eigenvalue weighted by Crippen LogP contribution is -2.18. The average Bonchev–Trinajstić information content (AvgIpc) is 0.907. The Balaban J connectivity index is 1.58. The van der Waals surface area contributed by atoms with Gasteiger partial charge in [0.25, 0.3) is 0 Å². The number of carbonyl (C=O) groups excluding carboxylic acids is 4. The van der Waals surface area contributed by atoms with Crippen LogP contribution in [-0.4, -0.2) is 200 Å². The zero-order valence-corrected chi connectivity index (χ0v) is 51.2. The second-order valence-corrected chi connectivity index (χ2v) is 21.3. The van der Waals surface area contributed by atoms with Crippen molar-refractivity contribution in [1.29, 1.82) is 0 Å². The van der Waals surface area contributed by atoms with Crippen molar-refractivity contribution in [3.63, 3.8) is 0 Å². The number of ether oxygens (including phenoxy) is 12. The molecule has 2 aliphatic heterocycles. The Bertz CT molecular complexity index is 2670. The number of hydrogen-bond acceptors (Lipinski definition) is 20. The Morgan fingerprint density at radius 3 is 0.554 bits per heavy atom. The summed E-state index contributed by atoms with van der Waals surface area (Å²) in [6, 6.07) is 13.2. The monoisotopic (exact) mass is 1290 g/mol. The van der Waals surface area contributed by atoms with Crippen molar-refractivity contribution in [1.82, 2.24) is 0 Å². The van der Waals surface area contributed by atoms with E-state index in [0.29, 0.717) is 44.5 Å². The molecular formula is C64H80N4O24. The fourth-order valence-corrected chi connectivity index (χ4v) is 10.0. The summed E-state index contributed by atoms with van der Waals surface area (Å²) in [6.45, 7) is 2.78. The maximum Gasteiger partial charge on any atom is 0.303 e. The topological polar surface area (TPSA) is 376 Å². The van der Waals surface area contributed by atoms with E-state index in [-0.39, 0.29) is 204 Å². The molecule has 500 valence electrons. The van der Waals surface area contributed by atoms with E-state index in [0.717, 1.165) is 0 Å². The molecule has 0 saturated heterocycles. The van der Waals surface area contributed by atoms with Crippen LogP contribution in [0.2, 0.25) is 0 Å². The van der Waals surface area contributed by atoms with Gasteiger partial charge in [-0.25, -0.2) is 0 Å². The number of rotatable bonds is 16. The second kappa shape index (κ2) is 38.4. The fraction of sp³-hybridized carbons (Fsp3) is 0.500. The van der Waals surface area contributed by atoms with E-state index in [1.807, 2.05) is 0 Å². The largest absolute Gasteiger partial charge is 0.491 e. The first kappa shape index (κ1) is 71.0. The fourth-order valence-electron chi connectivity index (χ4n) is 10.0. The van der Waals surface area contributed by atoms with Gasteiger partial charge in [0.05, 0.1) is 131 Å². The summed E-state index contributed by atoms with van der Waals surface area (Å²) in [5.41, 5.74) is 4.14. The van der Waals surface area contributed by atoms with Crippen molar-refractivity contribution >= 4 is 70.3 Å². The third-order valence-electron chi connectivity index (χ3n) is 14.0. The number of carboxylic acids is 4. The van der Waals surface area contributed by atoms with Gasteiger partial charge in [-0.15, -0.1) is 0 Å². The standard InChI is InChI=1S/C64H80N4O24/c69-53(1-5-57(73)74)65-49-33-41-29-43-35-50(66-54(70)2-6-58(75)76)37-45-31-47-39-52(68-56(72)4-8-60(79)80)40-48-32-46-38-51(67-55(71)3-7-59(77)78)36-44(63(46)91-27-23-87-19-15-83-12-11-82-14-18-86-22-26-90-62(43)45)30-42(34-49)61(41)89-25-21-85-17-13-81-9-10-84-16-20-88-24-28-92-64(47)48/h33-40H,1-32H2,(H,65,69)(H,66,70)(H,67,71)(H,68,72)(H,73,74)(H,75,76)(H,77,78)(H,79,80). The van der Waals surface area contributed by atoms with Gasteiger partial charge >= 0.3 is 23.9 Å². The number of nitrogens with one attached hydrogen (secondary N) is 4. The number of hydrogen-bond donors (Lipinski definition) is 8. The van der Waals surface area contributed by atoms with Gasteiger partial charge in [-0.3, -0.25) is 38.4 Å². The normalized spacial score (nSPS) is 16.1. The van der Waals surface area contributed by atoms with E-state index in [1.165, 1.54) is 0 Å². The van der Waals surface area contributed by atoms with Crippen molar-refractivity contribution in [2.45, 2.75) is 77.0 Å². The van der Waals surface area contributed by atoms with E-state index >= 15 is 0 Å². The van der Waals surface area contributed by atoms with Gasteiger partial charge in [0.2, 0.25) is 23.6 Å². The molecule has 4 aromatic carbocycles. The molecule has 4 aromatic rings. The maximum atomic E-state index is 13.7. The molecule has 0 saturated carbocycles. The summed E-state index contributed by atoms with van der Waals surface area (Å²) in [5, 5.41) is 49.9. The summed E-state index contributed by atoms with van der Waals surface area (Å²) in [4.78, 5) is 102. The summed E-state index contributed by atoms with van der Waals surface area (Å²) >= 11 is 0. The summed E-state index contributed by atoms with van der Waals surface area (Å²) in [6.07, 6.45) is -3.91. The molecular weight excluding hydrogens is 1210 g/mol. The highest BCUT2D eigenvalue weighted by Crippen LogP contribution is 2.43. The first-order valence-electron chi connectivity index (χ1n) is 30.4. The molecule has 8 N–H and O–H groups in total. The minimum Gasteiger partial charge on any atom is -0.491 e. The average molecular weight is 1290 g/mol. The molecule has 92 heavy (non-hydrogen) atoms. The third-order valence-corrected chi connectivity index (χ3v) is 14.0. The molecule has 0 aromatic heterocycles. The van der Waals surface area contributed by atoms with Crippen LogP contribution in [0.3, 0.4) is 0 Å². The molecule has 28 nitrogen and oxygen atoms in total. The van der Waals surface area contributed by atoms with Crippen molar-refractivity contribution in [2.75, 3.05) is 153 Å².